The van der Waals surface area contributed by atoms with Crippen molar-refractivity contribution in [2.75, 3.05) is 6.54 Å². The van der Waals surface area contributed by atoms with Crippen molar-refractivity contribution >= 4 is 17.3 Å². The summed E-state index contributed by atoms with van der Waals surface area (Å²) in [5.41, 5.74) is 3.35. The minimum absolute atomic E-state index is 0.0849. The van der Waals surface area contributed by atoms with Crippen molar-refractivity contribution in [1.29, 1.82) is 0 Å². The van der Waals surface area contributed by atoms with E-state index < -0.39 is 0 Å². The van der Waals surface area contributed by atoms with E-state index in [1.54, 1.807) is 0 Å². The molecule has 104 valence electrons. The lowest BCUT2D eigenvalue weighted by atomic mass is 10.0. The van der Waals surface area contributed by atoms with Crippen molar-refractivity contribution in [3.8, 4) is 0 Å². The van der Waals surface area contributed by atoms with E-state index in [-0.39, 0.29) is 12.1 Å². The number of likely N-dealkylation sites (N-methyl/N-ethyl adjacent to an activating group) is 1. The third kappa shape index (κ3) is 2.18. The highest BCUT2D eigenvalue weighted by Crippen LogP contribution is 2.37. The van der Waals surface area contributed by atoms with Crippen molar-refractivity contribution < 1.29 is 0 Å². The van der Waals surface area contributed by atoms with Crippen LogP contribution in [0.25, 0.3) is 0 Å². The second-order valence-corrected chi connectivity index (χ2v) is 5.40. The van der Waals surface area contributed by atoms with E-state index in [2.05, 4.69) is 46.2 Å². The Morgan fingerprint density at radius 2 is 2.15 bits per heavy atom. The lowest BCUT2D eigenvalue weighted by Gasteiger charge is -2.25. The minimum atomic E-state index is 0.0849. The number of nitrogens with one attached hydrogen (secondary N) is 2. The molecule has 2 atom stereocenters. The van der Waals surface area contributed by atoms with Crippen molar-refractivity contribution in [3.05, 3.63) is 53.6 Å². The van der Waals surface area contributed by atoms with Gasteiger partial charge in [0, 0.05) is 24.1 Å². The number of hydrogen-bond acceptors (Lipinski definition) is 2. The summed E-state index contributed by atoms with van der Waals surface area (Å²) in [4.78, 5) is 10.1. The monoisotopic (exact) mass is 286 g/mol. The van der Waals surface area contributed by atoms with Gasteiger partial charge in [-0.1, -0.05) is 6.07 Å². The van der Waals surface area contributed by atoms with Gasteiger partial charge in [0.15, 0.2) is 5.11 Å². The van der Waals surface area contributed by atoms with Gasteiger partial charge in [-0.3, -0.25) is 4.98 Å². The van der Waals surface area contributed by atoms with Crippen molar-refractivity contribution in [2.24, 2.45) is 0 Å². The van der Waals surface area contributed by atoms with Gasteiger partial charge in [-0.2, -0.15) is 0 Å². The van der Waals surface area contributed by atoms with Crippen molar-refractivity contribution in [2.45, 2.75) is 25.9 Å². The molecule has 20 heavy (non-hydrogen) atoms. The average molecular weight is 286 g/mol. The fourth-order valence-corrected chi connectivity index (χ4v) is 3.15. The van der Waals surface area contributed by atoms with E-state index in [1.165, 1.54) is 5.69 Å². The van der Waals surface area contributed by atoms with Crippen LogP contribution in [0.4, 0.5) is 0 Å². The number of pyridine rings is 1. The lowest BCUT2D eigenvalue weighted by molar-refractivity contribution is 0.325. The van der Waals surface area contributed by atoms with Crippen LogP contribution in [0.1, 0.15) is 36.1 Å². The number of aromatic nitrogens is 2. The normalized spacial score (nSPS) is 22.1. The van der Waals surface area contributed by atoms with E-state index in [0.717, 1.165) is 23.0 Å². The number of H-pyrrole nitrogens is 1. The number of nitrogens with zero attached hydrogens (tertiary/aromatic N) is 2. The highest BCUT2D eigenvalue weighted by molar-refractivity contribution is 7.80. The highest BCUT2D eigenvalue weighted by atomic mass is 32.1. The second-order valence-electron chi connectivity index (χ2n) is 5.01. The predicted octanol–water partition coefficient (Wildman–Crippen LogP) is 2.71. The molecule has 1 aliphatic rings. The zero-order valence-electron chi connectivity index (χ0n) is 11.6. The molecule has 1 saturated heterocycles. The molecule has 0 unspecified atom stereocenters. The maximum atomic E-state index is 5.47. The summed E-state index contributed by atoms with van der Waals surface area (Å²) >= 11 is 5.47. The first-order valence-electron chi connectivity index (χ1n) is 6.84. The Morgan fingerprint density at radius 3 is 2.75 bits per heavy atom. The van der Waals surface area contributed by atoms with E-state index in [9.17, 15) is 0 Å². The number of hydrogen-bond donors (Lipinski definition) is 2. The van der Waals surface area contributed by atoms with Gasteiger partial charge in [0.05, 0.1) is 17.8 Å². The van der Waals surface area contributed by atoms with Gasteiger partial charge in [-0.15, -0.1) is 0 Å². The molecule has 0 amide bonds. The van der Waals surface area contributed by atoms with Crippen LogP contribution >= 0.6 is 12.2 Å². The zero-order valence-corrected chi connectivity index (χ0v) is 12.4. The molecule has 2 aromatic heterocycles. The van der Waals surface area contributed by atoms with Crippen LogP contribution < -0.4 is 5.32 Å². The molecule has 2 N–H and O–H groups in total. The SMILES string of the molecule is CCN1C(=S)N[C@H](c2ccccn2)[C@@H]1c1ccc(C)[nH]1. The Hall–Kier alpha value is -1.88. The summed E-state index contributed by atoms with van der Waals surface area (Å²) in [5.74, 6) is 0. The van der Waals surface area contributed by atoms with Gasteiger partial charge in [0.1, 0.15) is 0 Å². The first-order valence-corrected chi connectivity index (χ1v) is 7.25. The molecule has 5 heteroatoms. The quantitative estimate of drug-likeness (QED) is 0.852. The molecule has 0 spiro atoms. The second kappa shape index (κ2) is 5.25. The minimum Gasteiger partial charge on any atom is -0.361 e. The van der Waals surface area contributed by atoms with Crippen LogP contribution in [0.15, 0.2) is 36.5 Å². The summed E-state index contributed by atoms with van der Waals surface area (Å²) in [6, 6.07) is 10.5. The van der Waals surface area contributed by atoms with Gasteiger partial charge >= 0.3 is 0 Å². The number of aromatic amines is 1. The maximum Gasteiger partial charge on any atom is 0.170 e. The van der Waals surface area contributed by atoms with Crippen LogP contribution in [0.5, 0.6) is 0 Å². The molecule has 4 nitrogen and oxygen atoms in total. The molecule has 0 radical (unpaired) electrons. The number of rotatable bonds is 3. The molecule has 3 heterocycles. The smallest absolute Gasteiger partial charge is 0.170 e. The fourth-order valence-electron chi connectivity index (χ4n) is 2.78. The lowest BCUT2D eigenvalue weighted by Crippen LogP contribution is -2.29. The third-order valence-electron chi connectivity index (χ3n) is 3.71. The first kappa shape index (κ1) is 13.1. The van der Waals surface area contributed by atoms with E-state index in [4.69, 9.17) is 12.2 Å². The molecular weight excluding hydrogens is 268 g/mol. The summed E-state index contributed by atoms with van der Waals surface area (Å²) < 4.78 is 0. The summed E-state index contributed by atoms with van der Waals surface area (Å²) in [6.45, 7) is 5.06. The molecule has 0 saturated carbocycles. The predicted molar refractivity (Wildman–Crippen MR) is 83.4 cm³/mol. The Bertz CT molecular complexity index is 607. The summed E-state index contributed by atoms with van der Waals surface area (Å²) in [6.07, 6.45) is 1.83. The highest BCUT2D eigenvalue weighted by Gasteiger charge is 2.39. The van der Waals surface area contributed by atoms with Gasteiger partial charge < -0.3 is 15.2 Å². The van der Waals surface area contributed by atoms with Gasteiger partial charge in [-0.05, 0) is 50.3 Å². The third-order valence-corrected chi connectivity index (χ3v) is 4.06. The Balaban J connectivity index is 2.02. The van der Waals surface area contributed by atoms with Crippen LogP contribution in [0, 0.1) is 6.92 Å². The van der Waals surface area contributed by atoms with E-state index in [0.29, 0.717) is 0 Å². The Labute approximate surface area is 124 Å². The Kier molecular flexibility index (Phi) is 3.44. The Morgan fingerprint density at radius 1 is 1.30 bits per heavy atom. The maximum absolute atomic E-state index is 5.47. The van der Waals surface area contributed by atoms with Crippen LogP contribution in [0.3, 0.4) is 0 Å². The molecule has 0 aliphatic carbocycles. The van der Waals surface area contributed by atoms with Crippen LogP contribution in [-0.2, 0) is 0 Å². The van der Waals surface area contributed by atoms with Crippen molar-refractivity contribution in [1.82, 2.24) is 20.2 Å². The standard InChI is InChI=1S/C15H18N4S/c1-3-19-14(12-8-7-10(2)17-12)13(18-15(19)20)11-6-4-5-9-16-11/h4-9,13-14,17H,3H2,1-2H3,(H,18,20)/t13-,14+/m1/s1. The first-order chi connectivity index (χ1) is 9.70. The number of aryl methyl sites for hydroxylation is 1. The van der Waals surface area contributed by atoms with Crippen LogP contribution in [-0.4, -0.2) is 26.5 Å². The number of thiocarbonyl (C=S) groups is 1. The molecule has 0 aromatic carbocycles. The van der Waals surface area contributed by atoms with Gasteiger partial charge in [0.2, 0.25) is 0 Å². The molecule has 3 rings (SSSR count). The van der Waals surface area contributed by atoms with Crippen molar-refractivity contribution in [3.63, 3.8) is 0 Å². The van der Waals surface area contributed by atoms with E-state index in [1.807, 2.05) is 24.4 Å². The van der Waals surface area contributed by atoms with Gasteiger partial charge in [-0.25, -0.2) is 0 Å². The fraction of sp³-hybridized carbons (Fsp3) is 0.333. The molecular formula is C15H18N4S. The zero-order chi connectivity index (χ0) is 14.1. The molecule has 1 fully saturated rings. The largest absolute Gasteiger partial charge is 0.361 e. The molecule has 0 bridgehead atoms. The summed E-state index contributed by atoms with van der Waals surface area (Å²) in [5, 5.41) is 4.20. The van der Waals surface area contributed by atoms with Gasteiger partial charge in [0.25, 0.3) is 0 Å². The molecule has 1 aliphatic heterocycles. The van der Waals surface area contributed by atoms with E-state index >= 15 is 0 Å². The topological polar surface area (TPSA) is 44.0 Å². The average Bonchev–Trinajstić information content (AvgIpc) is 3.03. The van der Waals surface area contributed by atoms with Crippen LogP contribution in [0.2, 0.25) is 0 Å². The molecule has 2 aromatic rings. The summed E-state index contributed by atoms with van der Waals surface area (Å²) in [7, 11) is 0.